The lowest BCUT2D eigenvalue weighted by atomic mass is 9.89. The summed E-state index contributed by atoms with van der Waals surface area (Å²) in [6, 6.07) is 16.4. The van der Waals surface area contributed by atoms with Crippen LogP contribution in [0.3, 0.4) is 0 Å². The van der Waals surface area contributed by atoms with Crippen molar-refractivity contribution in [3.05, 3.63) is 60.9 Å². The Labute approximate surface area is 190 Å². The first kappa shape index (κ1) is 21.1. The zero-order valence-electron chi connectivity index (χ0n) is 17.8. The highest BCUT2D eigenvalue weighted by Crippen LogP contribution is 2.36. The molecule has 1 fully saturated rings. The summed E-state index contributed by atoms with van der Waals surface area (Å²) >= 11 is 0. The first-order chi connectivity index (χ1) is 15.8. The van der Waals surface area contributed by atoms with Crippen LogP contribution in [0.1, 0.15) is 6.42 Å². The zero-order valence-corrected chi connectivity index (χ0v) is 18.6. The van der Waals surface area contributed by atoms with Crippen LogP contribution in [0.2, 0.25) is 0 Å². The Bertz CT molecular complexity index is 1500. The van der Waals surface area contributed by atoms with Crippen molar-refractivity contribution in [3.63, 3.8) is 0 Å². The maximum absolute atomic E-state index is 11.9. The van der Waals surface area contributed by atoms with Gasteiger partial charge in [0.25, 0.3) is 0 Å². The SMILES string of the molecule is CS(=O)(=O)N1CC(CC#N)(n2ccc(-c3nc(-c4ccc(O)cc4)cc4ncccc34)n2)C1. The van der Waals surface area contributed by atoms with Crippen molar-refractivity contribution in [3.8, 4) is 34.5 Å². The molecule has 1 aliphatic heterocycles. The van der Waals surface area contributed by atoms with Gasteiger partial charge in [0.05, 0.1) is 30.0 Å². The second-order valence-corrected chi connectivity index (χ2v) is 10.2. The lowest BCUT2D eigenvalue weighted by Crippen LogP contribution is -2.63. The molecule has 1 saturated heterocycles. The molecule has 166 valence electrons. The third kappa shape index (κ3) is 3.71. The fourth-order valence-corrected chi connectivity index (χ4v) is 5.04. The van der Waals surface area contributed by atoms with Crippen LogP contribution in [0.4, 0.5) is 0 Å². The van der Waals surface area contributed by atoms with E-state index in [1.807, 2.05) is 24.3 Å². The summed E-state index contributed by atoms with van der Waals surface area (Å²) in [7, 11) is -3.33. The summed E-state index contributed by atoms with van der Waals surface area (Å²) in [6.45, 7) is 0.396. The molecule has 1 aromatic carbocycles. The van der Waals surface area contributed by atoms with Crippen molar-refractivity contribution in [2.75, 3.05) is 19.3 Å². The molecule has 5 rings (SSSR count). The molecule has 0 radical (unpaired) electrons. The number of phenols is 1. The van der Waals surface area contributed by atoms with Crippen molar-refractivity contribution >= 4 is 20.9 Å². The highest BCUT2D eigenvalue weighted by Gasteiger charge is 2.49. The fraction of sp³-hybridized carbons (Fsp3) is 0.217. The molecule has 1 N–H and O–H groups in total. The van der Waals surface area contributed by atoms with Gasteiger partial charge in [-0.2, -0.15) is 14.7 Å². The Morgan fingerprint density at radius 1 is 1.15 bits per heavy atom. The van der Waals surface area contributed by atoms with Crippen molar-refractivity contribution in [1.29, 1.82) is 5.26 Å². The van der Waals surface area contributed by atoms with Crippen LogP contribution >= 0.6 is 0 Å². The third-order valence-corrected chi connectivity index (χ3v) is 7.09. The molecule has 0 saturated carbocycles. The van der Waals surface area contributed by atoms with Crippen LogP contribution in [0, 0.1) is 11.3 Å². The predicted octanol–water partition coefficient (Wildman–Crippen LogP) is 2.75. The van der Waals surface area contributed by atoms with Gasteiger partial charge in [-0.15, -0.1) is 0 Å². The van der Waals surface area contributed by atoms with Gasteiger partial charge in [-0.1, -0.05) is 0 Å². The molecular weight excluding hydrogens is 440 g/mol. The van der Waals surface area contributed by atoms with Gasteiger partial charge < -0.3 is 5.11 Å². The summed E-state index contributed by atoms with van der Waals surface area (Å²) in [4.78, 5) is 9.32. The Morgan fingerprint density at radius 3 is 2.61 bits per heavy atom. The lowest BCUT2D eigenvalue weighted by molar-refractivity contribution is 0.0726. The molecule has 0 atom stereocenters. The standard InChI is InChI=1S/C23H20N6O3S/c1-33(31,32)28-14-23(15-28,9-10-24)29-12-8-19(27-29)22-18-3-2-11-25-21(18)13-20(26-22)16-4-6-17(30)7-5-16/h2-8,11-13,30H,9,14-15H2,1H3. The first-order valence-electron chi connectivity index (χ1n) is 10.2. The maximum atomic E-state index is 11.9. The van der Waals surface area contributed by atoms with E-state index in [-0.39, 0.29) is 25.3 Å². The molecule has 33 heavy (non-hydrogen) atoms. The van der Waals surface area contributed by atoms with E-state index >= 15 is 0 Å². The van der Waals surface area contributed by atoms with Crippen LogP contribution < -0.4 is 0 Å². The van der Waals surface area contributed by atoms with E-state index in [1.165, 1.54) is 4.31 Å². The van der Waals surface area contributed by atoms with Gasteiger partial charge in [0, 0.05) is 36.4 Å². The fourth-order valence-electron chi connectivity index (χ4n) is 4.09. The highest BCUT2D eigenvalue weighted by atomic mass is 32.2. The van der Waals surface area contributed by atoms with E-state index in [1.54, 1.807) is 41.3 Å². The summed E-state index contributed by atoms with van der Waals surface area (Å²) in [5, 5.41) is 24.5. The Kier molecular flexibility index (Phi) is 4.88. The number of hydrogen-bond acceptors (Lipinski definition) is 7. The summed E-state index contributed by atoms with van der Waals surface area (Å²) in [5.74, 6) is 0.169. The number of benzene rings is 1. The minimum atomic E-state index is -3.33. The molecule has 4 heterocycles. The van der Waals surface area contributed by atoms with Crippen LogP contribution in [-0.4, -0.2) is 56.9 Å². The van der Waals surface area contributed by atoms with E-state index in [9.17, 15) is 18.8 Å². The number of aromatic hydroxyl groups is 1. The summed E-state index contributed by atoms with van der Waals surface area (Å²) in [5.41, 5.74) is 2.78. The number of phenolic OH excluding ortho intramolecular Hbond substituents is 1. The second kappa shape index (κ2) is 7.65. The Hall–Kier alpha value is -3.81. The Morgan fingerprint density at radius 2 is 1.91 bits per heavy atom. The van der Waals surface area contributed by atoms with Gasteiger partial charge in [-0.05, 0) is 48.5 Å². The average Bonchev–Trinajstić information content (AvgIpc) is 3.25. The number of aromatic nitrogens is 4. The third-order valence-electron chi connectivity index (χ3n) is 5.90. The van der Waals surface area contributed by atoms with Gasteiger partial charge in [0.1, 0.15) is 22.7 Å². The van der Waals surface area contributed by atoms with Crippen LogP contribution in [0.25, 0.3) is 33.5 Å². The number of sulfonamides is 1. The van der Waals surface area contributed by atoms with Crippen LogP contribution in [0.5, 0.6) is 5.75 Å². The molecule has 0 amide bonds. The first-order valence-corrected chi connectivity index (χ1v) is 12.1. The molecule has 3 aromatic heterocycles. The van der Waals surface area contributed by atoms with E-state index < -0.39 is 15.6 Å². The summed E-state index contributed by atoms with van der Waals surface area (Å²) in [6.07, 6.45) is 4.78. The van der Waals surface area contributed by atoms with Crippen molar-refractivity contribution in [2.24, 2.45) is 0 Å². The topological polar surface area (TPSA) is 125 Å². The van der Waals surface area contributed by atoms with Gasteiger partial charge in [-0.3, -0.25) is 9.67 Å². The van der Waals surface area contributed by atoms with Gasteiger partial charge >= 0.3 is 0 Å². The molecule has 0 aliphatic carbocycles. The number of rotatable bonds is 5. The van der Waals surface area contributed by atoms with Crippen molar-refractivity contribution < 1.29 is 13.5 Å². The van der Waals surface area contributed by atoms with Crippen LogP contribution in [0.15, 0.2) is 60.9 Å². The molecule has 9 nitrogen and oxygen atoms in total. The van der Waals surface area contributed by atoms with Gasteiger partial charge in [0.15, 0.2) is 0 Å². The van der Waals surface area contributed by atoms with E-state index in [0.717, 1.165) is 22.7 Å². The number of nitriles is 1. The smallest absolute Gasteiger partial charge is 0.211 e. The number of hydrogen-bond donors (Lipinski definition) is 1. The highest BCUT2D eigenvalue weighted by molar-refractivity contribution is 7.88. The average molecular weight is 461 g/mol. The largest absolute Gasteiger partial charge is 0.508 e. The molecule has 4 aromatic rings. The van der Waals surface area contributed by atoms with Crippen LogP contribution in [-0.2, 0) is 15.6 Å². The molecular formula is C23H20N6O3S. The van der Waals surface area contributed by atoms with Gasteiger partial charge in [0.2, 0.25) is 10.0 Å². The zero-order chi connectivity index (χ0) is 23.2. The quantitative estimate of drug-likeness (QED) is 0.485. The maximum Gasteiger partial charge on any atom is 0.211 e. The monoisotopic (exact) mass is 460 g/mol. The van der Waals surface area contributed by atoms with Crippen molar-refractivity contribution in [1.82, 2.24) is 24.1 Å². The molecule has 0 bridgehead atoms. The van der Waals surface area contributed by atoms with Gasteiger partial charge in [-0.25, -0.2) is 13.4 Å². The number of nitrogens with zero attached hydrogens (tertiary/aromatic N) is 6. The van der Waals surface area contributed by atoms with Crippen molar-refractivity contribution in [2.45, 2.75) is 12.0 Å². The lowest BCUT2D eigenvalue weighted by Gasteiger charge is -2.47. The van der Waals surface area contributed by atoms with E-state index in [4.69, 9.17) is 10.1 Å². The normalized spacial score (nSPS) is 15.8. The van der Waals surface area contributed by atoms with E-state index in [0.29, 0.717) is 17.1 Å². The molecule has 0 spiro atoms. The minimum absolute atomic E-state index is 0.142. The molecule has 10 heteroatoms. The predicted molar refractivity (Wildman–Crippen MR) is 122 cm³/mol. The Balaban J connectivity index is 1.59. The minimum Gasteiger partial charge on any atom is -0.508 e. The molecule has 1 aliphatic rings. The second-order valence-electron chi connectivity index (χ2n) is 8.21. The number of fused-ring (bicyclic) bond motifs is 1. The number of pyridine rings is 2. The summed E-state index contributed by atoms with van der Waals surface area (Å²) < 4.78 is 26.8. The molecule has 0 unspecified atom stereocenters. The van der Waals surface area contributed by atoms with E-state index in [2.05, 4.69) is 11.1 Å².